The summed E-state index contributed by atoms with van der Waals surface area (Å²) in [4.78, 5) is 39.8. The Bertz CT molecular complexity index is 2170. The van der Waals surface area contributed by atoms with E-state index in [0.29, 0.717) is 23.1 Å². The summed E-state index contributed by atoms with van der Waals surface area (Å²) in [6, 6.07) is 0. The van der Waals surface area contributed by atoms with E-state index >= 15 is 0 Å². The predicted molar refractivity (Wildman–Crippen MR) is 260 cm³/mol. The average molecular weight is 1040 g/mol. The summed E-state index contributed by atoms with van der Waals surface area (Å²) < 4.78 is 47.4. The molecule has 18 nitrogen and oxygen atoms in total. The maximum atomic E-state index is 13.9. The van der Waals surface area contributed by atoms with Crippen molar-refractivity contribution in [1.82, 2.24) is 0 Å². The van der Waals surface area contributed by atoms with Crippen LogP contribution in [0.1, 0.15) is 104 Å². The van der Waals surface area contributed by atoms with Crippen LogP contribution in [-0.4, -0.2) is 153 Å². The lowest BCUT2D eigenvalue weighted by molar-refractivity contribution is -0.333. The topological polar surface area (TPSA) is 267 Å². The summed E-state index contributed by atoms with van der Waals surface area (Å²) in [6.45, 7) is 17.8. The fraction of sp³-hybridized carbons (Fsp3) is 0.627. The Kier molecular flexibility index (Phi) is 21.7. The van der Waals surface area contributed by atoms with Crippen molar-refractivity contribution in [2.24, 2.45) is 11.8 Å². The molecule has 0 saturated carbocycles. The summed E-state index contributed by atoms with van der Waals surface area (Å²) >= 11 is 12.1. The fourth-order valence-electron chi connectivity index (χ4n) is 8.37. The number of aromatic hydroxyl groups is 2. The van der Waals surface area contributed by atoms with Gasteiger partial charge in [0, 0.05) is 19.4 Å². The van der Waals surface area contributed by atoms with Gasteiger partial charge < -0.3 is 73.6 Å². The molecule has 398 valence electrons. The number of hydrogen-bond donors (Lipinski definition) is 7. The predicted octanol–water partition coefficient (Wildman–Crippen LogP) is 5.98. The van der Waals surface area contributed by atoms with Gasteiger partial charge in [-0.25, -0.2) is 9.59 Å². The number of aliphatic hydroxyl groups excluding tert-OH is 5. The van der Waals surface area contributed by atoms with Gasteiger partial charge in [0.15, 0.2) is 36.3 Å². The Morgan fingerprint density at radius 3 is 2.17 bits per heavy atom. The third-order valence-electron chi connectivity index (χ3n) is 12.8. The van der Waals surface area contributed by atoms with E-state index in [1.54, 1.807) is 46.8 Å². The number of halogens is 2. The third kappa shape index (κ3) is 14.7. The van der Waals surface area contributed by atoms with Gasteiger partial charge in [0.25, 0.3) is 0 Å². The van der Waals surface area contributed by atoms with Crippen LogP contribution in [-0.2, 0) is 47.5 Å². The van der Waals surface area contributed by atoms with Crippen LogP contribution in [0.5, 0.6) is 11.5 Å². The first kappa shape index (κ1) is 59.7. The number of phenols is 2. The minimum absolute atomic E-state index is 0.0285. The zero-order valence-corrected chi connectivity index (χ0v) is 43.8. The van der Waals surface area contributed by atoms with Crippen molar-refractivity contribution in [2.45, 2.75) is 181 Å². The van der Waals surface area contributed by atoms with Crippen LogP contribution in [0.3, 0.4) is 0 Å². The Labute approximate surface area is 425 Å². The number of cyclic esters (lactones) is 1. The summed E-state index contributed by atoms with van der Waals surface area (Å²) in [5.41, 5.74) is 0.193. The smallest absolute Gasteiger partial charge is 0.342 e. The average Bonchev–Trinajstić information content (AvgIpc) is 3.30. The van der Waals surface area contributed by atoms with E-state index in [1.165, 1.54) is 40.0 Å². The number of esters is 3. The van der Waals surface area contributed by atoms with Crippen molar-refractivity contribution in [1.29, 1.82) is 0 Å². The fourth-order valence-corrected chi connectivity index (χ4v) is 8.79. The Hall–Kier alpha value is -3.89. The van der Waals surface area contributed by atoms with Crippen LogP contribution in [0.25, 0.3) is 0 Å². The Balaban J connectivity index is 1.60. The largest absolute Gasteiger partial charge is 0.505 e. The molecule has 0 aliphatic carbocycles. The molecule has 14 atom stereocenters. The van der Waals surface area contributed by atoms with Crippen molar-refractivity contribution in [2.75, 3.05) is 13.7 Å². The SMILES string of the molecule is CC[C@H]1/C=C(\C)[C@@H](O)C/C=C/C=C(\CO[C@@H]2O[C@H](C)[C@@H](OC(=O)c3c(C)c(Cl)c(O)c(Cl)c3O)[C@H](O)[C@@H]2OC)C(=O)O[C@H]([C@@H](C)O)C/C=C(C)/C=C(\C)[C@@H]1O[C@@H]1OC(C)(C)[C@@H](OC(=O)C(C)C)[C@H](O)[C@@H]1O. The first-order valence-electron chi connectivity index (χ1n) is 23.6. The number of allylic oxidation sites excluding steroid dienone is 4. The van der Waals surface area contributed by atoms with E-state index in [0.717, 1.165) is 0 Å². The normalized spacial score (nSPS) is 35.2. The highest BCUT2D eigenvalue weighted by molar-refractivity contribution is 6.39. The van der Waals surface area contributed by atoms with Crippen LogP contribution < -0.4 is 0 Å². The molecular weight excluding hydrogens is 971 g/mol. The molecule has 4 rings (SSSR count). The minimum Gasteiger partial charge on any atom is -0.505 e. The molecule has 0 amide bonds. The van der Waals surface area contributed by atoms with E-state index in [-0.39, 0.29) is 29.0 Å². The highest BCUT2D eigenvalue weighted by Gasteiger charge is 2.53. The van der Waals surface area contributed by atoms with Crippen LogP contribution in [0.4, 0.5) is 0 Å². The van der Waals surface area contributed by atoms with Crippen molar-refractivity contribution in [3.8, 4) is 11.5 Å². The number of carbonyl (C=O) groups excluding carboxylic acids is 3. The molecule has 2 saturated heterocycles. The molecule has 0 bridgehead atoms. The van der Waals surface area contributed by atoms with Crippen LogP contribution in [0.15, 0.2) is 58.7 Å². The molecule has 71 heavy (non-hydrogen) atoms. The zero-order chi connectivity index (χ0) is 53.4. The molecular formula is C51H72Cl2O18. The monoisotopic (exact) mass is 1040 g/mol. The lowest BCUT2D eigenvalue weighted by Gasteiger charge is -2.47. The zero-order valence-electron chi connectivity index (χ0n) is 42.3. The number of hydrogen-bond acceptors (Lipinski definition) is 18. The van der Waals surface area contributed by atoms with Gasteiger partial charge in [0.2, 0.25) is 0 Å². The second-order valence-electron chi connectivity index (χ2n) is 19.2. The second-order valence-corrected chi connectivity index (χ2v) is 19.9. The molecule has 1 aromatic carbocycles. The molecule has 3 aliphatic heterocycles. The summed E-state index contributed by atoms with van der Waals surface area (Å²) in [5.74, 6) is -4.84. The van der Waals surface area contributed by atoms with Gasteiger partial charge in [0.1, 0.15) is 46.7 Å². The van der Waals surface area contributed by atoms with Crippen molar-refractivity contribution in [3.05, 3.63) is 79.9 Å². The lowest BCUT2D eigenvalue weighted by atomic mass is 9.88. The molecule has 3 heterocycles. The standard InChI is InChI=1S/C51H72Cl2O18/c1-13-30-21-25(5)32(55)17-15-14-16-31(22-65-50-44(64-12)41(60)43(29(9)66-50)68-48(63)34-27(7)35(52)38(57)36(53)37(34)56)47(62)67-33(28(8)54)19-18-24(4)20-26(6)42(30)69-49-40(59)39(58)45(51(10,11)71-49)70-46(61)23(2)3/h14-16,18,20-21,23,28-30,32-33,39-45,49-50,54-60H,13,17,19,22H2,1-12H3/b15-14+,24-18+,25-21+,26-20+,31-16+/t28-,29-,30+,32+,33+,39-,40+,41+,42+,43-,44+,45+,49-,50-/m1/s1. The molecule has 1 aromatic rings. The lowest BCUT2D eigenvalue weighted by Crippen LogP contribution is -2.64. The van der Waals surface area contributed by atoms with E-state index < -0.39 is 144 Å². The highest BCUT2D eigenvalue weighted by Crippen LogP contribution is 2.44. The minimum atomic E-state index is -1.61. The highest BCUT2D eigenvalue weighted by atomic mass is 35.5. The van der Waals surface area contributed by atoms with Crippen LogP contribution in [0, 0.1) is 18.8 Å². The molecule has 2 fully saturated rings. The number of aliphatic hydroxyl groups is 5. The number of rotatable bonds is 12. The molecule has 7 N–H and O–H groups in total. The van der Waals surface area contributed by atoms with Crippen LogP contribution in [0.2, 0.25) is 10.0 Å². The number of carbonyl (C=O) groups is 3. The molecule has 0 unspecified atom stereocenters. The van der Waals surface area contributed by atoms with Gasteiger partial charge in [-0.2, -0.15) is 0 Å². The van der Waals surface area contributed by atoms with Gasteiger partial charge in [-0.05, 0) is 91.0 Å². The number of phenolic OH excluding ortho intramolecular Hbond substituents is 2. The van der Waals surface area contributed by atoms with E-state index in [2.05, 4.69) is 0 Å². The summed E-state index contributed by atoms with van der Waals surface area (Å²) in [5, 5.41) is 76.0. The van der Waals surface area contributed by atoms with E-state index in [1.807, 2.05) is 32.9 Å². The number of benzene rings is 1. The third-order valence-corrected chi connectivity index (χ3v) is 13.6. The Morgan fingerprint density at radius 1 is 0.901 bits per heavy atom. The second kappa shape index (κ2) is 25.9. The molecule has 0 spiro atoms. The Morgan fingerprint density at radius 2 is 1.56 bits per heavy atom. The van der Waals surface area contributed by atoms with Crippen LogP contribution >= 0.6 is 23.2 Å². The number of methoxy groups -OCH3 is 1. The van der Waals surface area contributed by atoms with Crippen molar-refractivity contribution < 1.29 is 88.0 Å². The van der Waals surface area contributed by atoms with Gasteiger partial charge in [-0.15, -0.1) is 0 Å². The molecule has 20 heteroatoms. The van der Waals surface area contributed by atoms with Gasteiger partial charge >= 0.3 is 17.9 Å². The maximum Gasteiger partial charge on any atom is 0.342 e. The molecule has 0 aromatic heterocycles. The van der Waals surface area contributed by atoms with Gasteiger partial charge in [0.05, 0.1) is 47.5 Å². The molecule has 3 aliphatic rings. The molecule has 0 radical (unpaired) electrons. The first-order chi connectivity index (χ1) is 33.2. The van der Waals surface area contributed by atoms with Gasteiger partial charge in [-0.1, -0.05) is 79.9 Å². The maximum absolute atomic E-state index is 13.9. The number of ether oxygens (including phenoxy) is 8. The van der Waals surface area contributed by atoms with Crippen molar-refractivity contribution >= 4 is 41.1 Å². The van der Waals surface area contributed by atoms with E-state index in [9.17, 15) is 50.1 Å². The summed E-state index contributed by atoms with van der Waals surface area (Å²) in [7, 11) is 1.26. The van der Waals surface area contributed by atoms with E-state index in [4.69, 9.17) is 61.1 Å². The quantitative estimate of drug-likeness (QED) is 0.0721. The first-order valence-corrected chi connectivity index (χ1v) is 24.4. The summed E-state index contributed by atoms with van der Waals surface area (Å²) in [6.07, 6.45) is -5.56. The van der Waals surface area contributed by atoms with Crippen molar-refractivity contribution in [3.63, 3.8) is 0 Å². The van der Waals surface area contributed by atoms with Gasteiger partial charge in [-0.3, -0.25) is 4.79 Å².